The van der Waals surface area contributed by atoms with E-state index in [0.717, 1.165) is 11.1 Å². The molecular weight excluding hydrogens is 750 g/mol. The van der Waals surface area contributed by atoms with Gasteiger partial charge in [-0.3, -0.25) is 4.79 Å². The van der Waals surface area contributed by atoms with Crippen LogP contribution in [0.25, 0.3) is 0 Å². The van der Waals surface area contributed by atoms with E-state index >= 15 is 0 Å². The standard InChI is InChI=1S/C44H63NO13/c1-10-33(46)44(8,51)38-29(6)35-25(2)22-43(7,58-35)37(27(4)34(47)28(5)39(48)56-38)57-40-36(55-42(50)53-24-31-19-15-12-16-20-31)32(21-26(3)54-40)45(9)41(49)52-23-30-17-13-11-14-18-30/h11-20,25-29,32-38,40,46-47,51H,10,21-24H2,1-9H3/t25?,26?,27-,28+,29-,32?,33+,34-,35?,36?,37+,38+,40-,43+,44+/m0/s1. The maximum atomic E-state index is 13.8. The van der Waals surface area contributed by atoms with Crippen LogP contribution < -0.4 is 0 Å². The highest BCUT2D eigenvalue weighted by atomic mass is 16.8. The van der Waals surface area contributed by atoms with Crippen LogP contribution in [0.3, 0.4) is 0 Å². The van der Waals surface area contributed by atoms with Gasteiger partial charge in [-0.05, 0) is 64.0 Å². The van der Waals surface area contributed by atoms with Crippen molar-refractivity contribution in [2.45, 2.75) is 154 Å². The lowest BCUT2D eigenvalue weighted by Crippen LogP contribution is -2.61. The Hall–Kier alpha value is -3.79. The summed E-state index contributed by atoms with van der Waals surface area (Å²) in [5, 5.41) is 34.4. The van der Waals surface area contributed by atoms with Crippen LogP contribution in [0.15, 0.2) is 60.7 Å². The van der Waals surface area contributed by atoms with Crippen molar-refractivity contribution in [1.82, 2.24) is 4.90 Å². The minimum Gasteiger partial charge on any atom is -0.459 e. The number of nitrogens with zero attached hydrogens (tertiary/aromatic N) is 1. The molecule has 15 atom stereocenters. The molecule has 2 aromatic rings. The van der Waals surface area contributed by atoms with Crippen LogP contribution in [-0.4, -0.2) is 112 Å². The van der Waals surface area contributed by atoms with Gasteiger partial charge in [0.05, 0.1) is 48.1 Å². The molecule has 58 heavy (non-hydrogen) atoms. The number of cyclic esters (lactones) is 1. The van der Waals surface area contributed by atoms with Crippen LogP contribution in [0.4, 0.5) is 9.59 Å². The van der Waals surface area contributed by atoms with Gasteiger partial charge in [0.25, 0.3) is 0 Å². The third-order valence-electron chi connectivity index (χ3n) is 12.4. The molecule has 3 aliphatic heterocycles. The fourth-order valence-electron chi connectivity index (χ4n) is 9.01. The monoisotopic (exact) mass is 813 g/mol. The van der Waals surface area contributed by atoms with Gasteiger partial charge in [-0.15, -0.1) is 0 Å². The molecule has 3 N–H and O–H groups in total. The van der Waals surface area contributed by atoms with Crippen LogP contribution in [0.1, 0.15) is 85.8 Å². The number of esters is 1. The summed E-state index contributed by atoms with van der Waals surface area (Å²) in [6.45, 7) is 13.9. The zero-order valence-electron chi connectivity index (χ0n) is 35.2. The number of amides is 1. The van der Waals surface area contributed by atoms with E-state index in [9.17, 15) is 29.7 Å². The van der Waals surface area contributed by atoms with E-state index in [4.69, 9.17) is 33.2 Å². The van der Waals surface area contributed by atoms with Crippen molar-refractivity contribution in [2.75, 3.05) is 7.05 Å². The first-order valence-electron chi connectivity index (χ1n) is 20.5. The van der Waals surface area contributed by atoms with Crippen LogP contribution in [0.5, 0.6) is 0 Å². The second kappa shape index (κ2) is 19.1. The van der Waals surface area contributed by atoms with Gasteiger partial charge < -0.3 is 53.4 Å². The quantitative estimate of drug-likeness (QED) is 0.184. The Bertz CT molecular complexity index is 1660. The molecule has 0 radical (unpaired) electrons. The van der Waals surface area contributed by atoms with Gasteiger partial charge in [-0.25, -0.2) is 9.59 Å². The molecule has 5 rings (SSSR count). The van der Waals surface area contributed by atoms with E-state index in [1.807, 2.05) is 88.4 Å². The fraction of sp³-hybridized carbons (Fsp3) is 0.659. The van der Waals surface area contributed by atoms with Gasteiger partial charge in [0.15, 0.2) is 12.4 Å². The average molecular weight is 814 g/mol. The molecule has 322 valence electrons. The molecule has 2 bridgehead atoms. The Morgan fingerprint density at radius 1 is 0.966 bits per heavy atom. The van der Waals surface area contributed by atoms with Gasteiger partial charge in [0, 0.05) is 18.9 Å². The first-order valence-corrected chi connectivity index (χ1v) is 20.5. The molecule has 3 heterocycles. The van der Waals surface area contributed by atoms with Gasteiger partial charge in [-0.1, -0.05) is 88.4 Å². The summed E-state index contributed by atoms with van der Waals surface area (Å²) in [5.74, 6) is -3.41. The van der Waals surface area contributed by atoms with Gasteiger partial charge >= 0.3 is 18.2 Å². The third-order valence-corrected chi connectivity index (χ3v) is 12.4. The number of ether oxygens (including phenoxy) is 7. The fourth-order valence-corrected chi connectivity index (χ4v) is 9.01. The smallest absolute Gasteiger partial charge is 0.459 e. The van der Waals surface area contributed by atoms with Gasteiger partial charge in [0.1, 0.15) is 24.9 Å². The largest absolute Gasteiger partial charge is 0.509 e. The molecule has 3 saturated heterocycles. The van der Waals surface area contributed by atoms with E-state index in [-0.39, 0.29) is 32.0 Å². The van der Waals surface area contributed by atoms with Crippen LogP contribution >= 0.6 is 0 Å². The van der Waals surface area contributed by atoms with E-state index in [1.165, 1.54) is 18.7 Å². The van der Waals surface area contributed by atoms with Crippen molar-refractivity contribution < 1.29 is 62.9 Å². The average Bonchev–Trinajstić information content (AvgIpc) is 3.53. The molecule has 0 aromatic heterocycles. The highest BCUT2D eigenvalue weighted by Crippen LogP contribution is 2.48. The second-order valence-corrected chi connectivity index (χ2v) is 17.0. The van der Waals surface area contributed by atoms with E-state index in [0.29, 0.717) is 6.42 Å². The van der Waals surface area contributed by atoms with E-state index in [1.54, 1.807) is 20.9 Å². The maximum absolute atomic E-state index is 13.8. The number of carbonyl (C=O) groups is 3. The second-order valence-electron chi connectivity index (χ2n) is 17.0. The van der Waals surface area contributed by atoms with Crippen molar-refractivity contribution in [3.63, 3.8) is 0 Å². The molecule has 3 aliphatic rings. The normalized spacial score (nSPS) is 35.7. The number of fused-ring (bicyclic) bond motifs is 2. The predicted octanol–water partition coefficient (Wildman–Crippen LogP) is 5.77. The zero-order valence-corrected chi connectivity index (χ0v) is 35.2. The van der Waals surface area contributed by atoms with Crippen molar-refractivity contribution in [2.24, 2.45) is 23.7 Å². The molecule has 3 fully saturated rings. The number of hydrogen-bond donors (Lipinski definition) is 3. The summed E-state index contributed by atoms with van der Waals surface area (Å²) in [7, 11) is 1.56. The summed E-state index contributed by atoms with van der Waals surface area (Å²) >= 11 is 0. The maximum Gasteiger partial charge on any atom is 0.509 e. The Kier molecular flexibility index (Phi) is 14.9. The first kappa shape index (κ1) is 45.3. The van der Waals surface area contributed by atoms with Crippen molar-refractivity contribution >= 4 is 18.2 Å². The molecule has 1 amide bonds. The van der Waals surface area contributed by atoms with Crippen molar-refractivity contribution in [3.05, 3.63) is 71.8 Å². The predicted molar refractivity (Wildman–Crippen MR) is 211 cm³/mol. The zero-order chi connectivity index (χ0) is 42.5. The number of aliphatic hydroxyl groups is 3. The lowest BCUT2D eigenvalue weighted by molar-refractivity contribution is -0.301. The van der Waals surface area contributed by atoms with Crippen molar-refractivity contribution in [3.8, 4) is 0 Å². The SMILES string of the molecule is CC[C@@H](O)[C@@](C)(O)[C@@H]1OC(=O)[C@H](C)[C@@H](O)[C@H](C)[C@@H](O[C@@H]2OC(C)CC(N(C)C(=O)OCc3ccccc3)C2OC(=O)OCc2ccccc2)[C@@]2(C)CC(C)C(O2)[C@@H]1C. The Balaban J connectivity index is 1.49. The third kappa shape index (κ3) is 10.1. The van der Waals surface area contributed by atoms with Gasteiger partial charge in [-0.2, -0.15) is 0 Å². The minimum absolute atomic E-state index is 0.0205. The Morgan fingerprint density at radius 2 is 1.55 bits per heavy atom. The first-order chi connectivity index (χ1) is 27.4. The molecule has 5 unspecified atom stereocenters. The van der Waals surface area contributed by atoms with E-state index < -0.39 is 102 Å². The number of hydrogen-bond acceptors (Lipinski definition) is 13. The number of rotatable bonds is 11. The van der Waals surface area contributed by atoms with Crippen LogP contribution in [-0.2, 0) is 51.2 Å². The Morgan fingerprint density at radius 3 is 2.14 bits per heavy atom. The highest BCUT2D eigenvalue weighted by Gasteiger charge is 2.58. The Labute approximate surface area is 342 Å². The van der Waals surface area contributed by atoms with Crippen LogP contribution in [0, 0.1) is 23.7 Å². The molecule has 2 aromatic carbocycles. The van der Waals surface area contributed by atoms with E-state index in [2.05, 4.69) is 0 Å². The number of carbonyl (C=O) groups excluding carboxylic acids is 3. The molecule has 14 heteroatoms. The van der Waals surface area contributed by atoms with Gasteiger partial charge in [0.2, 0.25) is 0 Å². The van der Waals surface area contributed by atoms with Crippen LogP contribution in [0.2, 0.25) is 0 Å². The van der Waals surface area contributed by atoms with Crippen molar-refractivity contribution in [1.29, 1.82) is 0 Å². The molecular formula is C44H63NO13. The summed E-state index contributed by atoms with van der Waals surface area (Å²) in [4.78, 5) is 42.2. The summed E-state index contributed by atoms with van der Waals surface area (Å²) in [6.07, 6.45) is -9.13. The summed E-state index contributed by atoms with van der Waals surface area (Å²) in [6, 6.07) is 17.5. The molecule has 0 aliphatic carbocycles. The lowest BCUT2D eigenvalue weighted by atomic mass is 9.76. The lowest BCUT2D eigenvalue weighted by Gasteiger charge is -2.47. The number of benzene rings is 2. The summed E-state index contributed by atoms with van der Waals surface area (Å²) in [5.41, 5.74) is -1.42. The molecule has 0 saturated carbocycles. The molecule has 14 nitrogen and oxygen atoms in total. The number of likely N-dealkylation sites (N-methyl/N-ethyl adjacent to an activating group) is 1. The topological polar surface area (TPSA) is 180 Å². The highest BCUT2D eigenvalue weighted by molar-refractivity contribution is 5.73. The summed E-state index contributed by atoms with van der Waals surface area (Å²) < 4.78 is 43.5. The minimum atomic E-state index is -1.83. The number of aliphatic hydroxyl groups excluding tert-OH is 2. The molecule has 0 spiro atoms.